The van der Waals surface area contributed by atoms with Gasteiger partial charge in [-0.2, -0.15) is 10.5 Å². The van der Waals surface area contributed by atoms with E-state index in [9.17, 15) is 30.5 Å². The highest BCUT2D eigenvalue weighted by Crippen LogP contribution is 2.54. The van der Waals surface area contributed by atoms with Crippen LogP contribution < -0.4 is 5.73 Å². The lowest BCUT2D eigenvalue weighted by atomic mass is 9.58. The summed E-state index contributed by atoms with van der Waals surface area (Å²) >= 11 is 0. The fourth-order valence-corrected chi connectivity index (χ4v) is 4.12. The van der Waals surface area contributed by atoms with Crippen molar-refractivity contribution in [2.24, 2.45) is 17.1 Å². The van der Waals surface area contributed by atoms with Crippen molar-refractivity contribution in [2.75, 3.05) is 20.1 Å². The van der Waals surface area contributed by atoms with Crippen molar-refractivity contribution < 1.29 is 14.8 Å². The molecule has 0 saturated heterocycles. The molecule has 9 nitrogen and oxygen atoms in total. The molecule has 2 aliphatic rings. The third-order valence-electron chi connectivity index (χ3n) is 5.41. The van der Waals surface area contributed by atoms with Gasteiger partial charge in [0.25, 0.3) is 5.69 Å². The number of hydrogen-bond acceptors (Lipinski definition) is 7. The first kappa shape index (κ1) is 19.1. The molecule has 0 aromatic heterocycles. The second kappa shape index (κ2) is 6.80. The van der Waals surface area contributed by atoms with Gasteiger partial charge < -0.3 is 15.7 Å². The maximum absolute atomic E-state index is 11.9. The van der Waals surface area contributed by atoms with E-state index in [0.29, 0.717) is 24.2 Å². The third kappa shape index (κ3) is 2.70. The Morgan fingerprint density at radius 1 is 1.36 bits per heavy atom. The van der Waals surface area contributed by atoms with E-state index in [1.165, 1.54) is 24.3 Å². The van der Waals surface area contributed by atoms with E-state index in [4.69, 9.17) is 5.73 Å². The molecule has 28 heavy (non-hydrogen) atoms. The second-order valence-electron chi connectivity index (χ2n) is 6.94. The molecule has 1 aromatic rings. The van der Waals surface area contributed by atoms with Crippen LogP contribution in [-0.4, -0.2) is 41.0 Å². The fourth-order valence-electron chi connectivity index (χ4n) is 4.12. The molecule has 0 unspecified atom stereocenters. The molecule has 9 heteroatoms. The molecule has 1 aromatic carbocycles. The largest absolute Gasteiger partial charge is 0.478 e. The van der Waals surface area contributed by atoms with E-state index in [1.807, 2.05) is 24.1 Å². The first-order valence-electron chi connectivity index (χ1n) is 8.46. The number of aliphatic carboxylic acids is 1. The van der Waals surface area contributed by atoms with Crippen LogP contribution in [0.25, 0.3) is 0 Å². The number of nitrogens with two attached hydrogens (primary N) is 1. The zero-order chi connectivity index (χ0) is 20.6. The Morgan fingerprint density at radius 2 is 1.96 bits per heavy atom. The van der Waals surface area contributed by atoms with Gasteiger partial charge in [-0.25, -0.2) is 4.79 Å². The molecule has 1 aliphatic heterocycles. The van der Waals surface area contributed by atoms with Crippen LogP contribution in [0, 0.1) is 44.1 Å². The number of carboxylic acids is 1. The molecule has 0 fully saturated rings. The molecule has 1 aliphatic carbocycles. The number of non-ortho nitro benzene ring substituents is 1. The first-order valence-corrected chi connectivity index (χ1v) is 8.46. The average Bonchev–Trinajstić information content (AvgIpc) is 2.67. The van der Waals surface area contributed by atoms with Gasteiger partial charge in [-0.1, -0.05) is 18.2 Å². The molecule has 0 amide bonds. The Morgan fingerprint density at radius 3 is 2.46 bits per heavy atom. The molecular formula is C19H17N5O4. The monoisotopic (exact) mass is 379 g/mol. The van der Waals surface area contributed by atoms with E-state index in [2.05, 4.69) is 0 Å². The summed E-state index contributed by atoms with van der Waals surface area (Å²) in [5, 5.41) is 40.5. The van der Waals surface area contributed by atoms with E-state index in [1.54, 1.807) is 6.08 Å². The number of carbonyl (C=O) groups is 1. The minimum atomic E-state index is -1.90. The van der Waals surface area contributed by atoms with Gasteiger partial charge in [0.2, 0.25) is 0 Å². The third-order valence-corrected chi connectivity index (χ3v) is 5.41. The molecule has 3 rings (SSSR count). The van der Waals surface area contributed by atoms with Gasteiger partial charge in [0, 0.05) is 37.1 Å². The smallest absolute Gasteiger partial charge is 0.337 e. The molecule has 0 bridgehead atoms. The standard InChI is InChI=1S/C19H17N5O4/c1-23-7-6-13-14(8-23)16(11-2-4-12(5-3-11)24(27)28)19(9-20,10-21)17(22)15(13)18(25)26/h2-6,14,16H,7-8,22H2,1H3,(H,25,26)/t14-,16-/m1/s1. The number of rotatable bonds is 3. The number of fused-ring (bicyclic) bond motifs is 1. The van der Waals surface area contributed by atoms with Crippen LogP contribution in [0.5, 0.6) is 0 Å². The number of nitriles is 2. The Kier molecular flexibility index (Phi) is 4.63. The maximum atomic E-state index is 11.9. The Labute approximate surface area is 160 Å². The summed E-state index contributed by atoms with van der Waals surface area (Å²) in [5.41, 5.74) is 4.63. The molecule has 2 atom stereocenters. The first-order chi connectivity index (χ1) is 13.3. The van der Waals surface area contributed by atoms with Crippen LogP contribution in [-0.2, 0) is 4.79 Å². The SMILES string of the molecule is CN1CC=C2C(C(=O)O)=C(N)C(C#N)(C#N)[C@H](c3ccc([N+](=O)[O-])cc3)[C@@H]2C1. The highest BCUT2D eigenvalue weighted by Gasteiger charge is 2.55. The van der Waals surface area contributed by atoms with E-state index in [-0.39, 0.29) is 17.0 Å². The summed E-state index contributed by atoms with van der Waals surface area (Å²) in [6.07, 6.45) is 1.75. The average molecular weight is 379 g/mol. The lowest BCUT2D eigenvalue weighted by Gasteiger charge is -2.45. The van der Waals surface area contributed by atoms with Crippen LogP contribution in [0.3, 0.4) is 0 Å². The zero-order valence-corrected chi connectivity index (χ0v) is 15.0. The number of nitro benzene ring substituents is 1. The van der Waals surface area contributed by atoms with Crippen LogP contribution in [0.2, 0.25) is 0 Å². The summed E-state index contributed by atoms with van der Waals surface area (Å²) in [6.45, 7) is 0.928. The summed E-state index contributed by atoms with van der Waals surface area (Å²) in [6, 6.07) is 9.50. The van der Waals surface area contributed by atoms with Gasteiger partial charge in [-0.3, -0.25) is 10.1 Å². The van der Waals surface area contributed by atoms with Crippen molar-refractivity contribution in [1.29, 1.82) is 10.5 Å². The van der Waals surface area contributed by atoms with Crippen molar-refractivity contribution >= 4 is 11.7 Å². The number of nitro groups is 1. The summed E-state index contributed by atoms with van der Waals surface area (Å²) in [7, 11) is 1.85. The van der Waals surface area contributed by atoms with Crippen molar-refractivity contribution in [1.82, 2.24) is 4.90 Å². The van der Waals surface area contributed by atoms with Gasteiger partial charge >= 0.3 is 5.97 Å². The topological polar surface area (TPSA) is 157 Å². The van der Waals surface area contributed by atoms with Crippen LogP contribution >= 0.6 is 0 Å². The Hall–Kier alpha value is -3.69. The maximum Gasteiger partial charge on any atom is 0.337 e. The Balaban J connectivity index is 2.30. The van der Waals surface area contributed by atoms with Gasteiger partial charge in [0.15, 0.2) is 5.41 Å². The number of carboxylic acid groups (broad SMARTS) is 1. The van der Waals surface area contributed by atoms with Gasteiger partial charge in [-0.15, -0.1) is 0 Å². The van der Waals surface area contributed by atoms with Crippen molar-refractivity contribution in [2.45, 2.75) is 5.92 Å². The number of hydrogen-bond donors (Lipinski definition) is 2. The van der Waals surface area contributed by atoms with Gasteiger partial charge in [0.05, 0.1) is 28.3 Å². The molecule has 0 spiro atoms. The molecular weight excluding hydrogens is 362 g/mol. The van der Waals surface area contributed by atoms with Crippen LogP contribution in [0.4, 0.5) is 5.69 Å². The molecule has 0 radical (unpaired) electrons. The number of nitrogens with zero attached hydrogens (tertiary/aromatic N) is 4. The number of likely N-dealkylation sites (N-methyl/N-ethyl adjacent to an activating group) is 1. The predicted octanol–water partition coefficient (Wildman–Crippen LogP) is 1.51. The number of allylic oxidation sites excluding steroid dienone is 1. The van der Waals surface area contributed by atoms with E-state index in [0.717, 1.165) is 0 Å². The van der Waals surface area contributed by atoms with Crippen LogP contribution in [0.1, 0.15) is 11.5 Å². The summed E-state index contributed by atoms with van der Waals surface area (Å²) in [4.78, 5) is 24.3. The van der Waals surface area contributed by atoms with Gasteiger partial charge in [-0.05, 0) is 18.2 Å². The highest BCUT2D eigenvalue weighted by molar-refractivity contribution is 5.94. The quantitative estimate of drug-likeness (QED) is 0.591. The lowest BCUT2D eigenvalue weighted by molar-refractivity contribution is -0.384. The van der Waals surface area contributed by atoms with Crippen molar-refractivity contribution in [3.63, 3.8) is 0 Å². The minimum Gasteiger partial charge on any atom is -0.478 e. The second-order valence-corrected chi connectivity index (χ2v) is 6.94. The zero-order valence-electron chi connectivity index (χ0n) is 15.0. The molecule has 0 saturated carbocycles. The normalized spacial score (nSPS) is 23.8. The molecule has 142 valence electrons. The lowest BCUT2D eigenvalue weighted by Crippen LogP contribution is -2.48. The van der Waals surface area contributed by atoms with Crippen molar-refractivity contribution in [3.8, 4) is 12.1 Å². The highest BCUT2D eigenvalue weighted by atomic mass is 16.6. The molecule has 3 N–H and O–H groups in total. The van der Waals surface area contributed by atoms with Crippen molar-refractivity contribution in [3.05, 3.63) is 62.9 Å². The van der Waals surface area contributed by atoms with E-state index < -0.39 is 28.1 Å². The molecule has 1 heterocycles. The number of benzene rings is 1. The summed E-state index contributed by atoms with van der Waals surface area (Å²) < 4.78 is 0. The predicted molar refractivity (Wildman–Crippen MR) is 97.4 cm³/mol. The Bertz CT molecular complexity index is 983. The van der Waals surface area contributed by atoms with E-state index >= 15 is 0 Å². The van der Waals surface area contributed by atoms with Gasteiger partial charge in [0.1, 0.15) is 0 Å². The fraction of sp³-hybridized carbons (Fsp3) is 0.316. The van der Waals surface area contributed by atoms with Crippen LogP contribution in [0.15, 0.2) is 47.2 Å². The minimum absolute atomic E-state index is 0.120. The summed E-state index contributed by atoms with van der Waals surface area (Å²) in [5.74, 6) is -2.52.